The molecule has 0 radical (unpaired) electrons. The number of nitrogens with one attached hydrogen (secondary N) is 1. The van der Waals surface area contributed by atoms with E-state index in [0.29, 0.717) is 11.5 Å². The van der Waals surface area contributed by atoms with E-state index in [9.17, 15) is 4.39 Å². The van der Waals surface area contributed by atoms with Crippen LogP contribution in [0.1, 0.15) is 58.4 Å². The maximum Gasteiger partial charge on any atom is 0.141 e. The van der Waals surface area contributed by atoms with E-state index in [4.69, 9.17) is 11.6 Å². The Morgan fingerprint density at radius 1 is 1.19 bits per heavy atom. The minimum Gasteiger partial charge on any atom is -0.310 e. The van der Waals surface area contributed by atoms with Gasteiger partial charge in [0.15, 0.2) is 0 Å². The largest absolute Gasteiger partial charge is 0.310 e. The third-order valence-corrected chi connectivity index (χ3v) is 5.06. The van der Waals surface area contributed by atoms with E-state index in [1.54, 1.807) is 6.07 Å². The highest BCUT2D eigenvalue weighted by atomic mass is 35.5. The Bertz CT molecular complexity index is 467. The van der Waals surface area contributed by atoms with Gasteiger partial charge in [-0.05, 0) is 54.7 Å². The summed E-state index contributed by atoms with van der Waals surface area (Å²) >= 11 is 5.83. The molecule has 2 rings (SSSR count). The zero-order valence-corrected chi connectivity index (χ0v) is 14.1. The number of hydrogen-bond acceptors (Lipinski definition) is 1. The fraction of sp³-hybridized carbons (Fsp3) is 0.667. The number of benzene rings is 1. The monoisotopic (exact) mass is 311 g/mol. The lowest BCUT2D eigenvalue weighted by Gasteiger charge is -2.29. The molecule has 0 saturated heterocycles. The molecular formula is C18H27ClFN. The zero-order chi connectivity index (χ0) is 15.5. The van der Waals surface area contributed by atoms with Crippen molar-refractivity contribution >= 4 is 11.6 Å². The van der Waals surface area contributed by atoms with Gasteiger partial charge in [-0.3, -0.25) is 0 Å². The fourth-order valence-electron chi connectivity index (χ4n) is 3.28. The second-order valence-electron chi connectivity index (χ2n) is 7.40. The molecule has 2 unspecified atom stereocenters. The second-order valence-corrected chi connectivity index (χ2v) is 7.80. The predicted molar refractivity (Wildman–Crippen MR) is 88.1 cm³/mol. The van der Waals surface area contributed by atoms with Crippen molar-refractivity contribution in [2.24, 2.45) is 11.3 Å². The highest BCUT2D eigenvalue weighted by Crippen LogP contribution is 2.36. The van der Waals surface area contributed by atoms with E-state index in [1.807, 2.05) is 6.07 Å². The van der Waals surface area contributed by atoms with Gasteiger partial charge < -0.3 is 5.32 Å². The van der Waals surface area contributed by atoms with E-state index < -0.39 is 0 Å². The molecule has 1 aliphatic rings. The highest BCUT2D eigenvalue weighted by Gasteiger charge is 2.27. The van der Waals surface area contributed by atoms with Crippen molar-refractivity contribution in [2.45, 2.75) is 65.5 Å². The summed E-state index contributed by atoms with van der Waals surface area (Å²) in [5.74, 6) is 0.479. The summed E-state index contributed by atoms with van der Waals surface area (Å²) in [6, 6.07) is 5.55. The van der Waals surface area contributed by atoms with Crippen molar-refractivity contribution in [1.29, 1.82) is 0 Å². The summed E-state index contributed by atoms with van der Waals surface area (Å²) in [6.07, 6.45) is 6.40. The van der Waals surface area contributed by atoms with Gasteiger partial charge >= 0.3 is 0 Å². The SMILES string of the molecule is CC(C)(C)C1CCCC(NCc2ccc(F)c(Cl)c2)CC1. The van der Waals surface area contributed by atoms with Crippen LogP contribution in [0.2, 0.25) is 5.02 Å². The lowest BCUT2D eigenvalue weighted by atomic mass is 9.76. The van der Waals surface area contributed by atoms with Gasteiger partial charge in [0.1, 0.15) is 5.82 Å². The van der Waals surface area contributed by atoms with Crippen molar-refractivity contribution in [3.63, 3.8) is 0 Å². The van der Waals surface area contributed by atoms with Crippen LogP contribution in [0.4, 0.5) is 4.39 Å². The lowest BCUT2D eigenvalue weighted by molar-refractivity contribution is 0.213. The number of hydrogen-bond donors (Lipinski definition) is 1. The molecule has 0 heterocycles. The molecule has 0 aromatic heterocycles. The summed E-state index contributed by atoms with van der Waals surface area (Å²) in [5.41, 5.74) is 1.47. The van der Waals surface area contributed by atoms with Crippen LogP contribution < -0.4 is 5.32 Å². The third kappa shape index (κ3) is 4.96. The second kappa shape index (κ2) is 7.11. The van der Waals surface area contributed by atoms with E-state index in [-0.39, 0.29) is 10.8 Å². The zero-order valence-electron chi connectivity index (χ0n) is 13.4. The average molecular weight is 312 g/mol. The Morgan fingerprint density at radius 2 is 1.95 bits per heavy atom. The van der Waals surface area contributed by atoms with Crippen LogP contribution in [0.5, 0.6) is 0 Å². The molecule has 1 aromatic carbocycles. The van der Waals surface area contributed by atoms with Crippen LogP contribution >= 0.6 is 11.6 Å². The Labute approximate surface area is 133 Å². The summed E-state index contributed by atoms with van der Waals surface area (Å²) in [6.45, 7) is 7.83. The summed E-state index contributed by atoms with van der Waals surface area (Å²) < 4.78 is 13.1. The molecule has 1 aliphatic carbocycles. The van der Waals surface area contributed by atoms with Gasteiger partial charge in [0.2, 0.25) is 0 Å². The lowest BCUT2D eigenvalue weighted by Crippen LogP contribution is -2.28. The van der Waals surface area contributed by atoms with Crippen LogP contribution in [0.25, 0.3) is 0 Å². The van der Waals surface area contributed by atoms with Crippen molar-refractivity contribution in [3.05, 3.63) is 34.6 Å². The summed E-state index contributed by atoms with van der Waals surface area (Å²) in [4.78, 5) is 0. The summed E-state index contributed by atoms with van der Waals surface area (Å²) in [7, 11) is 0. The molecule has 1 saturated carbocycles. The number of rotatable bonds is 3. The molecule has 0 spiro atoms. The smallest absolute Gasteiger partial charge is 0.141 e. The molecular weight excluding hydrogens is 285 g/mol. The standard InChI is InChI=1S/C18H27ClFN/c1-18(2,3)14-5-4-6-15(9-8-14)21-12-13-7-10-17(20)16(19)11-13/h7,10-11,14-15,21H,4-6,8-9,12H2,1-3H3. The normalized spacial score (nSPS) is 23.9. The van der Waals surface area contributed by atoms with Gasteiger partial charge in [-0.25, -0.2) is 4.39 Å². The minimum atomic E-state index is -0.345. The van der Waals surface area contributed by atoms with E-state index in [1.165, 1.54) is 38.2 Å². The van der Waals surface area contributed by atoms with Crippen molar-refractivity contribution < 1.29 is 4.39 Å². The first-order chi connectivity index (χ1) is 9.86. The van der Waals surface area contributed by atoms with E-state index in [2.05, 4.69) is 26.1 Å². The van der Waals surface area contributed by atoms with Crippen LogP contribution in [0.15, 0.2) is 18.2 Å². The molecule has 3 heteroatoms. The van der Waals surface area contributed by atoms with E-state index in [0.717, 1.165) is 18.0 Å². The topological polar surface area (TPSA) is 12.0 Å². The maximum atomic E-state index is 13.1. The van der Waals surface area contributed by atoms with Crippen LogP contribution in [-0.4, -0.2) is 6.04 Å². The molecule has 0 bridgehead atoms. The molecule has 118 valence electrons. The predicted octanol–water partition coefficient (Wildman–Crippen LogP) is 5.56. The van der Waals surface area contributed by atoms with Gasteiger partial charge in [-0.1, -0.05) is 44.9 Å². The van der Waals surface area contributed by atoms with Crippen LogP contribution in [0, 0.1) is 17.2 Å². The highest BCUT2D eigenvalue weighted by molar-refractivity contribution is 6.30. The van der Waals surface area contributed by atoms with Gasteiger partial charge in [-0.15, -0.1) is 0 Å². The van der Waals surface area contributed by atoms with Crippen LogP contribution in [0.3, 0.4) is 0 Å². The summed E-state index contributed by atoms with van der Waals surface area (Å²) in [5, 5.41) is 3.83. The Kier molecular flexibility index (Phi) is 5.67. The first-order valence-corrected chi connectivity index (χ1v) is 8.41. The molecule has 0 aliphatic heterocycles. The Balaban J connectivity index is 1.85. The van der Waals surface area contributed by atoms with Gasteiger partial charge in [0, 0.05) is 12.6 Å². The number of halogens is 2. The fourth-order valence-corrected chi connectivity index (χ4v) is 3.49. The quantitative estimate of drug-likeness (QED) is 0.720. The van der Waals surface area contributed by atoms with Crippen molar-refractivity contribution in [1.82, 2.24) is 5.32 Å². The molecule has 1 fully saturated rings. The molecule has 2 atom stereocenters. The van der Waals surface area contributed by atoms with Crippen molar-refractivity contribution in [2.75, 3.05) is 0 Å². The van der Waals surface area contributed by atoms with E-state index >= 15 is 0 Å². The van der Waals surface area contributed by atoms with Gasteiger partial charge in [0.25, 0.3) is 0 Å². The first-order valence-electron chi connectivity index (χ1n) is 8.03. The van der Waals surface area contributed by atoms with Gasteiger partial charge in [-0.2, -0.15) is 0 Å². The third-order valence-electron chi connectivity index (χ3n) is 4.77. The molecule has 1 N–H and O–H groups in total. The average Bonchev–Trinajstić information content (AvgIpc) is 2.65. The molecule has 21 heavy (non-hydrogen) atoms. The minimum absolute atomic E-state index is 0.211. The van der Waals surface area contributed by atoms with Crippen molar-refractivity contribution in [3.8, 4) is 0 Å². The molecule has 1 aromatic rings. The Hall–Kier alpha value is -0.600. The first kappa shape index (κ1) is 16.8. The molecule has 1 nitrogen and oxygen atoms in total. The maximum absolute atomic E-state index is 13.1. The Morgan fingerprint density at radius 3 is 2.62 bits per heavy atom. The molecule has 0 amide bonds. The van der Waals surface area contributed by atoms with Crippen LogP contribution in [-0.2, 0) is 6.54 Å². The van der Waals surface area contributed by atoms with Gasteiger partial charge in [0.05, 0.1) is 5.02 Å².